The Balaban J connectivity index is 2.28. The molecule has 7 heteroatoms. The fourth-order valence-corrected chi connectivity index (χ4v) is 2.74. The second kappa shape index (κ2) is 8.44. The number of aryl methyl sites for hydroxylation is 2. The fraction of sp³-hybridized carbons (Fsp3) is 0.211. The van der Waals surface area contributed by atoms with Gasteiger partial charge < -0.3 is 20.1 Å². The van der Waals surface area contributed by atoms with Crippen LogP contribution in [0.1, 0.15) is 31.8 Å². The molecule has 0 atom stereocenters. The van der Waals surface area contributed by atoms with Crippen molar-refractivity contribution in [2.45, 2.75) is 13.8 Å². The summed E-state index contributed by atoms with van der Waals surface area (Å²) in [6, 6.07) is 10.4. The maximum Gasteiger partial charge on any atom is 0.339 e. The minimum absolute atomic E-state index is 0.254. The van der Waals surface area contributed by atoms with Crippen LogP contribution < -0.4 is 10.6 Å². The van der Waals surface area contributed by atoms with E-state index in [9.17, 15) is 9.59 Å². The van der Waals surface area contributed by atoms with Crippen LogP contribution in [0.15, 0.2) is 36.4 Å². The second-order valence-electron chi connectivity index (χ2n) is 5.70. The van der Waals surface area contributed by atoms with Gasteiger partial charge in [-0.2, -0.15) is 0 Å². The monoisotopic (exact) mass is 372 g/mol. The van der Waals surface area contributed by atoms with Crippen LogP contribution in [0.4, 0.5) is 11.4 Å². The van der Waals surface area contributed by atoms with E-state index in [4.69, 9.17) is 21.7 Å². The number of thiocarbonyl (C=S) groups is 1. The topological polar surface area (TPSA) is 76.7 Å². The van der Waals surface area contributed by atoms with Crippen LogP contribution in [0.25, 0.3) is 0 Å². The number of hydrogen-bond acceptors (Lipinski definition) is 5. The Hall–Kier alpha value is -2.93. The third kappa shape index (κ3) is 4.80. The van der Waals surface area contributed by atoms with Crippen LogP contribution in [-0.2, 0) is 9.47 Å². The molecule has 0 spiro atoms. The molecule has 0 heterocycles. The first-order valence-electron chi connectivity index (χ1n) is 7.81. The zero-order valence-electron chi connectivity index (χ0n) is 15.0. The van der Waals surface area contributed by atoms with Gasteiger partial charge in [-0.25, -0.2) is 9.59 Å². The van der Waals surface area contributed by atoms with E-state index in [0.29, 0.717) is 5.69 Å². The van der Waals surface area contributed by atoms with Crippen LogP contribution in [-0.4, -0.2) is 31.3 Å². The minimum atomic E-state index is -0.543. The smallest absolute Gasteiger partial charge is 0.339 e. The highest BCUT2D eigenvalue weighted by molar-refractivity contribution is 7.80. The average Bonchev–Trinajstić information content (AvgIpc) is 2.59. The molecule has 2 aromatic rings. The lowest BCUT2D eigenvalue weighted by Crippen LogP contribution is -2.21. The molecule has 0 amide bonds. The van der Waals surface area contributed by atoms with Crippen molar-refractivity contribution in [3.05, 3.63) is 58.7 Å². The number of benzene rings is 2. The summed E-state index contributed by atoms with van der Waals surface area (Å²) >= 11 is 5.33. The molecule has 0 saturated carbocycles. The molecule has 6 nitrogen and oxygen atoms in total. The summed E-state index contributed by atoms with van der Waals surface area (Å²) in [4.78, 5) is 23.7. The Morgan fingerprint density at radius 2 is 1.50 bits per heavy atom. The van der Waals surface area contributed by atoms with Gasteiger partial charge in [0.25, 0.3) is 0 Å². The Labute approximate surface area is 157 Å². The Kier molecular flexibility index (Phi) is 6.30. The molecule has 2 rings (SSSR count). The predicted octanol–water partition coefficient (Wildman–Crippen LogP) is 3.69. The summed E-state index contributed by atoms with van der Waals surface area (Å²) in [6.45, 7) is 3.98. The standard InChI is InChI=1S/C19H20N2O4S/c1-11-7-12(2)9-14(8-11)20-19(26)21-16-10-13(17(22)24-3)5-6-15(16)18(23)25-4/h5-10H,1-4H3,(H2,20,21,26). The van der Waals surface area contributed by atoms with Crippen molar-refractivity contribution < 1.29 is 19.1 Å². The van der Waals surface area contributed by atoms with Gasteiger partial charge in [-0.1, -0.05) is 6.07 Å². The minimum Gasteiger partial charge on any atom is -0.465 e. The first kappa shape index (κ1) is 19.4. The Bertz CT molecular complexity index is 844. The van der Waals surface area contributed by atoms with Gasteiger partial charge in [0, 0.05) is 5.69 Å². The summed E-state index contributed by atoms with van der Waals surface area (Å²) < 4.78 is 9.49. The van der Waals surface area contributed by atoms with E-state index >= 15 is 0 Å². The van der Waals surface area contributed by atoms with E-state index < -0.39 is 11.9 Å². The second-order valence-corrected chi connectivity index (χ2v) is 6.11. The van der Waals surface area contributed by atoms with Gasteiger partial charge in [0.1, 0.15) is 0 Å². The van der Waals surface area contributed by atoms with Crippen molar-refractivity contribution in [1.82, 2.24) is 0 Å². The molecular weight excluding hydrogens is 352 g/mol. The molecule has 26 heavy (non-hydrogen) atoms. The quantitative estimate of drug-likeness (QED) is 0.626. The first-order chi connectivity index (χ1) is 12.3. The number of anilines is 2. The number of carbonyl (C=O) groups excluding carboxylic acids is 2. The zero-order chi connectivity index (χ0) is 19.3. The van der Waals surface area contributed by atoms with Crippen LogP contribution >= 0.6 is 12.2 Å². The van der Waals surface area contributed by atoms with Crippen molar-refractivity contribution in [1.29, 1.82) is 0 Å². The predicted molar refractivity (Wildman–Crippen MR) is 105 cm³/mol. The number of carbonyl (C=O) groups is 2. The van der Waals surface area contributed by atoms with Crippen molar-refractivity contribution in [2.75, 3.05) is 24.9 Å². The molecule has 0 saturated heterocycles. The molecule has 2 N–H and O–H groups in total. The molecule has 0 unspecified atom stereocenters. The third-order valence-electron chi connectivity index (χ3n) is 3.57. The molecule has 2 aromatic carbocycles. The van der Waals surface area contributed by atoms with Gasteiger partial charge in [0.15, 0.2) is 5.11 Å². The summed E-state index contributed by atoms with van der Waals surface area (Å²) in [6.07, 6.45) is 0. The number of hydrogen-bond donors (Lipinski definition) is 2. The molecule has 0 aliphatic rings. The lowest BCUT2D eigenvalue weighted by Gasteiger charge is -2.15. The van der Waals surface area contributed by atoms with Gasteiger partial charge in [-0.15, -0.1) is 0 Å². The van der Waals surface area contributed by atoms with E-state index in [2.05, 4.69) is 16.7 Å². The first-order valence-corrected chi connectivity index (χ1v) is 8.22. The van der Waals surface area contributed by atoms with Gasteiger partial charge in [0.05, 0.1) is 31.0 Å². The molecule has 0 bridgehead atoms. The summed E-state index contributed by atoms with van der Waals surface area (Å²) in [5, 5.41) is 6.29. The molecule has 136 valence electrons. The van der Waals surface area contributed by atoms with Crippen molar-refractivity contribution in [3.63, 3.8) is 0 Å². The molecule has 0 aliphatic carbocycles. The van der Waals surface area contributed by atoms with E-state index in [1.54, 1.807) is 0 Å². The summed E-state index contributed by atoms with van der Waals surface area (Å²) in [5.74, 6) is -1.06. The van der Waals surface area contributed by atoms with Crippen molar-refractivity contribution in [2.24, 2.45) is 0 Å². The maximum atomic E-state index is 12.0. The van der Waals surface area contributed by atoms with Crippen LogP contribution in [0.5, 0.6) is 0 Å². The van der Waals surface area contributed by atoms with Gasteiger partial charge in [-0.3, -0.25) is 0 Å². The number of methoxy groups -OCH3 is 2. The molecule has 0 aromatic heterocycles. The Morgan fingerprint density at radius 1 is 0.885 bits per heavy atom. The van der Waals surface area contributed by atoms with Gasteiger partial charge in [0.2, 0.25) is 0 Å². The van der Waals surface area contributed by atoms with E-state index in [0.717, 1.165) is 16.8 Å². The fourth-order valence-electron chi connectivity index (χ4n) is 2.51. The highest BCUT2D eigenvalue weighted by Crippen LogP contribution is 2.21. The number of nitrogens with one attached hydrogen (secondary N) is 2. The third-order valence-corrected chi connectivity index (χ3v) is 3.78. The normalized spacial score (nSPS) is 10.0. The number of rotatable bonds is 4. The summed E-state index contributed by atoms with van der Waals surface area (Å²) in [7, 11) is 2.57. The van der Waals surface area contributed by atoms with Crippen LogP contribution in [0.2, 0.25) is 0 Å². The van der Waals surface area contributed by atoms with Crippen LogP contribution in [0.3, 0.4) is 0 Å². The van der Waals surface area contributed by atoms with E-state index in [-0.39, 0.29) is 16.2 Å². The highest BCUT2D eigenvalue weighted by atomic mass is 32.1. The van der Waals surface area contributed by atoms with Crippen molar-refractivity contribution in [3.8, 4) is 0 Å². The zero-order valence-corrected chi connectivity index (χ0v) is 15.8. The van der Waals surface area contributed by atoms with Crippen molar-refractivity contribution >= 4 is 40.6 Å². The molecular formula is C19H20N2O4S. The lowest BCUT2D eigenvalue weighted by atomic mass is 10.1. The lowest BCUT2D eigenvalue weighted by molar-refractivity contribution is 0.0587. The SMILES string of the molecule is COC(=O)c1ccc(C(=O)OC)c(NC(=S)Nc2cc(C)cc(C)c2)c1. The van der Waals surface area contributed by atoms with Gasteiger partial charge >= 0.3 is 11.9 Å². The molecule has 0 radical (unpaired) electrons. The Morgan fingerprint density at radius 3 is 2.08 bits per heavy atom. The summed E-state index contributed by atoms with van der Waals surface area (Å²) in [5.41, 5.74) is 3.91. The maximum absolute atomic E-state index is 12.0. The van der Waals surface area contributed by atoms with E-state index in [1.807, 2.05) is 26.0 Å². The highest BCUT2D eigenvalue weighted by Gasteiger charge is 2.16. The van der Waals surface area contributed by atoms with Gasteiger partial charge in [-0.05, 0) is 67.5 Å². The van der Waals surface area contributed by atoms with Crippen LogP contribution in [0, 0.1) is 13.8 Å². The number of esters is 2. The molecule has 0 aliphatic heterocycles. The van der Waals surface area contributed by atoms with E-state index in [1.165, 1.54) is 32.4 Å². The molecule has 0 fully saturated rings. The number of ether oxygens (including phenoxy) is 2. The average molecular weight is 372 g/mol. The largest absolute Gasteiger partial charge is 0.465 e.